The number of para-hydroxylation sites is 2. The van der Waals surface area contributed by atoms with E-state index in [9.17, 15) is 4.39 Å². The minimum Gasteiger partial charge on any atom is -0.490 e. The molecule has 0 aliphatic carbocycles. The van der Waals surface area contributed by atoms with Crippen LogP contribution in [0.1, 0.15) is 12.5 Å². The van der Waals surface area contributed by atoms with Gasteiger partial charge in [-0.1, -0.05) is 54.1 Å². The number of nitrogens with zero attached hydrogens (tertiary/aromatic N) is 2. The molecule has 5 aromatic rings. The molecule has 0 spiro atoms. The third-order valence-corrected chi connectivity index (χ3v) is 6.07. The fourth-order valence-electron chi connectivity index (χ4n) is 3.54. The second kappa shape index (κ2) is 9.00. The zero-order chi connectivity index (χ0) is 22.8. The molecule has 164 valence electrons. The summed E-state index contributed by atoms with van der Waals surface area (Å²) < 4.78 is 26.4. The van der Waals surface area contributed by atoms with Crippen LogP contribution in [-0.2, 0) is 0 Å². The monoisotopic (exact) mass is 456 g/mol. The van der Waals surface area contributed by atoms with E-state index in [0.717, 1.165) is 21.7 Å². The minimum atomic E-state index is -0.420. The van der Waals surface area contributed by atoms with Crippen molar-refractivity contribution in [2.75, 3.05) is 6.61 Å². The molecule has 0 amide bonds. The first-order chi connectivity index (χ1) is 16.1. The molecule has 3 aromatic carbocycles. The van der Waals surface area contributed by atoms with Gasteiger partial charge in [-0.2, -0.15) is 0 Å². The summed E-state index contributed by atoms with van der Waals surface area (Å²) in [6, 6.07) is 22.3. The Morgan fingerprint density at radius 2 is 1.85 bits per heavy atom. The van der Waals surface area contributed by atoms with Crippen LogP contribution in [-0.4, -0.2) is 11.6 Å². The summed E-state index contributed by atoms with van der Waals surface area (Å²) in [5.41, 5.74) is 4.84. The number of fused-ring (bicyclic) bond motifs is 1. The fourth-order valence-corrected chi connectivity index (χ4v) is 4.37. The number of ether oxygens (including phenoxy) is 1. The van der Waals surface area contributed by atoms with Crippen LogP contribution >= 0.6 is 11.3 Å². The van der Waals surface area contributed by atoms with Crippen LogP contribution in [0.2, 0.25) is 0 Å². The molecule has 0 fully saturated rings. The Labute approximate surface area is 194 Å². The quantitative estimate of drug-likeness (QED) is 0.279. The zero-order valence-electron chi connectivity index (χ0n) is 18.2. The van der Waals surface area contributed by atoms with E-state index in [2.05, 4.69) is 36.2 Å². The topological polar surface area (TPSA) is 47.6 Å². The van der Waals surface area contributed by atoms with Crippen molar-refractivity contribution in [1.29, 1.82) is 0 Å². The SMILES string of the molecule is CCOc1cccc2cc(-c3nc(-c4ccc(C)cc4)cs3)c(=Nc3ccccc3F)oc12. The number of aromatic nitrogens is 1. The van der Waals surface area contributed by atoms with Crippen molar-refractivity contribution in [1.82, 2.24) is 4.98 Å². The number of hydrogen-bond acceptors (Lipinski definition) is 5. The van der Waals surface area contributed by atoms with Crippen molar-refractivity contribution >= 4 is 28.0 Å². The molecule has 0 atom stereocenters. The molecule has 0 saturated heterocycles. The Morgan fingerprint density at radius 1 is 1.03 bits per heavy atom. The highest BCUT2D eigenvalue weighted by Gasteiger charge is 2.15. The van der Waals surface area contributed by atoms with Crippen molar-refractivity contribution < 1.29 is 13.5 Å². The highest BCUT2D eigenvalue weighted by atomic mass is 32.1. The van der Waals surface area contributed by atoms with Gasteiger partial charge in [0.1, 0.15) is 16.5 Å². The standard InChI is InChI=1S/C27H21FN2O2S/c1-3-31-24-10-6-7-19-15-20(26(32-25(19)24)29-22-9-5-4-8-21(22)28)27-30-23(16-33-27)18-13-11-17(2)12-14-18/h4-16H,3H2,1-2H3. The van der Waals surface area contributed by atoms with E-state index < -0.39 is 5.82 Å². The molecule has 6 heteroatoms. The Hall–Kier alpha value is -3.77. The first-order valence-corrected chi connectivity index (χ1v) is 11.5. The Bertz CT molecular complexity index is 1500. The largest absolute Gasteiger partial charge is 0.490 e. The molecule has 0 radical (unpaired) electrons. The van der Waals surface area contributed by atoms with Gasteiger partial charge in [0.2, 0.25) is 5.55 Å². The summed E-state index contributed by atoms with van der Waals surface area (Å²) in [6.45, 7) is 4.47. The van der Waals surface area contributed by atoms with E-state index in [1.165, 1.54) is 23.0 Å². The highest BCUT2D eigenvalue weighted by Crippen LogP contribution is 2.32. The van der Waals surface area contributed by atoms with Crippen LogP contribution in [0.25, 0.3) is 32.8 Å². The van der Waals surface area contributed by atoms with Crippen LogP contribution in [0, 0.1) is 12.7 Å². The van der Waals surface area contributed by atoms with Gasteiger partial charge in [0.15, 0.2) is 11.3 Å². The van der Waals surface area contributed by atoms with Crippen molar-refractivity contribution in [3.05, 3.63) is 95.1 Å². The van der Waals surface area contributed by atoms with Crippen LogP contribution in [0.3, 0.4) is 0 Å². The highest BCUT2D eigenvalue weighted by molar-refractivity contribution is 7.13. The maximum absolute atomic E-state index is 14.4. The van der Waals surface area contributed by atoms with E-state index in [1.807, 2.05) is 36.6 Å². The van der Waals surface area contributed by atoms with Crippen molar-refractivity contribution in [3.63, 3.8) is 0 Å². The summed E-state index contributed by atoms with van der Waals surface area (Å²) >= 11 is 1.50. The number of halogens is 1. The minimum absolute atomic E-state index is 0.200. The molecule has 2 aromatic heterocycles. The molecular weight excluding hydrogens is 435 g/mol. The van der Waals surface area contributed by atoms with E-state index in [0.29, 0.717) is 23.5 Å². The Kier molecular flexibility index (Phi) is 5.75. The molecule has 33 heavy (non-hydrogen) atoms. The Balaban J connectivity index is 1.72. The van der Waals surface area contributed by atoms with Gasteiger partial charge in [-0.25, -0.2) is 14.4 Å². The van der Waals surface area contributed by atoms with Gasteiger partial charge in [-0.05, 0) is 38.1 Å². The lowest BCUT2D eigenvalue weighted by Crippen LogP contribution is -2.06. The number of aryl methyl sites for hydroxylation is 1. The van der Waals surface area contributed by atoms with E-state index in [-0.39, 0.29) is 11.2 Å². The molecule has 0 bridgehead atoms. The van der Waals surface area contributed by atoms with Crippen LogP contribution in [0.5, 0.6) is 5.75 Å². The molecular formula is C27H21FN2O2S. The first kappa shape index (κ1) is 21.1. The summed E-state index contributed by atoms with van der Waals surface area (Å²) in [5, 5.41) is 3.61. The van der Waals surface area contributed by atoms with Crippen LogP contribution < -0.4 is 10.3 Å². The van der Waals surface area contributed by atoms with Gasteiger partial charge >= 0.3 is 0 Å². The first-order valence-electron chi connectivity index (χ1n) is 10.6. The molecule has 0 N–H and O–H groups in total. The lowest BCUT2D eigenvalue weighted by molar-refractivity contribution is 0.337. The average molecular weight is 457 g/mol. The van der Waals surface area contributed by atoms with Gasteiger partial charge < -0.3 is 9.15 Å². The molecule has 0 saturated carbocycles. The van der Waals surface area contributed by atoms with E-state index >= 15 is 0 Å². The predicted octanol–water partition coefficient (Wildman–Crippen LogP) is 7.30. The van der Waals surface area contributed by atoms with Crippen LogP contribution in [0.15, 0.2) is 87.6 Å². The fraction of sp³-hybridized carbons (Fsp3) is 0.111. The maximum Gasteiger partial charge on any atom is 0.230 e. The van der Waals surface area contributed by atoms with Crippen molar-refractivity contribution in [3.8, 4) is 27.6 Å². The third-order valence-electron chi connectivity index (χ3n) is 5.19. The molecule has 4 nitrogen and oxygen atoms in total. The molecule has 0 unspecified atom stereocenters. The van der Waals surface area contributed by atoms with Crippen LogP contribution in [0.4, 0.5) is 10.1 Å². The summed E-state index contributed by atoms with van der Waals surface area (Å²) in [5.74, 6) is 0.197. The normalized spacial score (nSPS) is 11.8. The second-order valence-electron chi connectivity index (χ2n) is 7.54. The number of thiazole rings is 1. The van der Waals surface area contributed by atoms with Crippen molar-refractivity contribution in [2.24, 2.45) is 4.99 Å². The molecule has 2 heterocycles. The molecule has 5 rings (SSSR count). The predicted molar refractivity (Wildman–Crippen MR) is 130 cm³/mol. The summed E-state index contributed by atoms with van der Waals surface area (Å²) in [7, 11) is 0. The van der Waals surface area contributed by atoms with Crippen molar-refractivity contribution in [2.45, 2.75) is 13.8 Å². The lowest BCUT2D eigenvalue weighted by Gasteiger charge is -2.08. The van der Waals surface area contributed by atoms with E-state index in [4.69, 9.17) is 14.1 Å². The lowest BCUT2D eigenvalue weighted by atomic mass is 10.1. The molecule has 0 aliphatic heterocycles. The summed E-state index contributed by atoms with van der Waals surface area (Å²) in [6.07, 6.45) is 0. The smallest absolute Gasteiger partial charge is 0.230 e. The van der Waals surface area contributed by atoms with Gasteiger partial charge in [0.25, 0.3) is 0 Å². The number of hydrogen-bond donors (Lipinski definition) is 0. The zero-order valence-corrected chi connectivity index (χ0v) is 19.0. The second-order valence-corrected chi connectivity index (χ2v) is 8.40. The van der Waals surface area contributed by atoms with Gasteiger partial charge in [-0.15, -0.1) is 11.3 Å². The van der Waals surface area contributed by atoms with E-state index in [1.54, 1.807) is 18.2 Å². The Morgan fingerprint density at radius 3 is 2.64 bits per heavy atom. The molecule has 0 aliphatic rings. The number of benzene rings is 3. The number of rotatable bonds is 5. The van der Waals surface area contributed by atoms with Gasteiger partial charge in [-0.3, -0.25) is 0 Å². The maximum atomic E-state index is 14.4. The summed E-state index contributed by atoms with van der Waals surface area (Å²) in [4.78, 5) is 9.38. The van der Waals surface area contributed by atoms with Gasteiger partial charge in [0, 0.05) is 16.3 Å². The van der Waals surface area contributed by atoms with Gasteiger partial charge in [0.05, 0.1) is 17.9 Å². The average Bonchev–Trinajstić information content (AvgIpc) is 3.31. The third kappa shape index (κ3) is 4.30.